The Hall–Kier alpha value is -1.79. The van der Waals surface area contributed by atoms with Crippen LogP contribution in [0.5, 0.6) is 0 Å². The standard InChI is InChI=1S/C15H12BrN3OS/c1-8-7-9(2)17-13-12(8)21-15(18-13)19-14(20)10-5-3-4-6-11(10)16/h3-7H,1-2H3,(H,17,18,19,20). The lowest BCUT2D eigenvalue weighted by Gasteiger charge is -2.03. The number of benzene rings is 1. The van der Waals surface area contributed by atoms with Gasteiger partial charge in [-0.2, -0.15) is 4.98 Å². The number of rotatable bonds is 2. The maximum atomic E-state index is 12.3. The van der Waals surface area contributed by atoms with Gasteiger partial charge in [0.25, 0.3) is 5.91 Å². The fourth-order valence-corrected chi connectivity index (χ4v) is 3.42. The molecule has 0 aliphatic carbocycles. The van der Waals surface area contributed by atoms with E-state index in [0.717, 1.165) is 20.4 Å². The van der Waals surface area contributed by atoms with Crippen molar-refractivity contribution in [2.75, 3.05) is 5.32 Å². The van der Waals surface area contributed by atoms with Gasteiger partial charge in [0.15, 0.2) is 10.8 Å². The summed E-state index contributed by atoms with van der Waals surface area (Å²) in [5.41, 5.74) is 3.31. The number of amides is 1. The molecule has 0 spiro atoms. The molecule has 3 rings (SSSR count). The van der Waals surface area contributed by atoms with Crippen LogP contribution < -0.4 is 5.32 Å². The summed E-state index contributed by atoms with van der Waals surface area (Å²) in [7, 11) is 0. The Morgan fingerprint density at radius 1 is 1.24 bits per heavy atom. The second-order valence-corrected chi connectivity index (χ2v) is 6.54. The van der Waals surface area contributed by atoms with E-state index in [2.05, 4.69) is 31.2 Å². The molecule has 0 aliphatic rings. The van der Waals surface area contributed by atoms with Gasteiger partial charge in [-0.3, -0.25) is 10.1 Å². The van der Waals surface area contributed by atoms with Crippen LogP contribution >= 0.6 is 27.3 Å². The molecule has 0 saturated heterocycles. The average molecular weight is 362 g/mol. The van der Waals surface area contributed by atoms with Crippen molar-refractivity contribution in [3.63, 3.8) is 0 Å². The van der Waals surface area contributed by atoms with E-state index in [1.54, 1.807) is 6.07 Å². The number of carbonyl (C=O) groups excluding carboxylic acids is 1. The molecular formula is C15H12BrN3OS. The summed E-state index contributed by atoms with van der Waals surface area (Å²) in [5, 5.41) is 3.40. The SMILES string of the molecule is Cc1cc(C)c2sc(NC(=O)c3ccccc3Br)nc2n1. The first-order chi connectivity index (χ1) is 10.0. The lowest BCUT2D eigenvalue weighted by molar-refractivity contribution is 0.102. The summed E-state index contributed by atoms with van der Waals surface area (Å²) in [5.74, 6) is -0.184. The Bertz CT molecular complexity index is 844. The minimum atomic E-state index is -0.184. The second-order valence-electron chi connectivity index (χ2n) is 4.69. The molecular weight excluding hydrogens is 350 g/mol. The molecule has 0 bridgehead atoms. The van der Waals surface area contributed by atoms with Crippen LogP contribution in [-0.4, -0.2) is 15.9 Å². The van der Waals surface area contributed by atoms with Crippen LogP contribution in [0.25, 0.3) is 10.3 Å². The largest absolute Gasteiger partial charge is 0.298 e. The maximum Gasteiger partial charge on any atom is 0.258 e. The molecule has 6 heteroatoms. The maximum absolute atomic E-state index is 12.3. The monoisotopic (exact) mass is 361 g/mol. The highest BCUT2D eigenvalue weighted by molar-refractivity contribution is 9.10. The zero-order chi connectivity index (χ0) is 15.0. The Labute approximate surface area is 134 Å². The molecule has 2 heterocycles. The quantitative estimate of drug-likeness (QED) is 0.739. The molecule has 0 unspecified atom stereocenters. The van der Waals surface area contributed by atoms with Crippen molar-refractivity contribution in [2.45, 2.75) is 13.8 Å². The third-order valence-corrected chi connectivity index (χ3v) is 4.80. The number of hydrogen-bond donors (Lipinski definition) is 1. The van der Waals surface area contributed by atoms with Crippen molar-refractivity contribution in [2.24, 2.45) is 0 Å². The van der Waals surface area contributed by atoms with Gasteiger partial charge in [0, 0.05) is 10.2 Å². The summed E-state index contributed by atoms with van der Waals surface area (Å²) in [6.45, 7) is 3.96. The molecule has 4 nitrogen and oxygen atoms in total. The van der Waals surface area contributed by atoms with Crippen molar-refractivity contribution in [1.29, 1.82) is 0 Å². The van der Waals surface area contributed by atoms with Crippen molar-refractivity contribution < 1.29 is 4.79 Å². The molecule has 0 atom stereocenters. The van der Waals surface area contributed by atoms with Crippen LogP contribution in [0.3, 0.4) is 0 Å². The van der Waals surface area contributed by atoms with Crippen LogP contribution in [-0.2, 0) is 0 Å². The van der Waals surface area contributed by atoms with Gasteiger partial charge in [-0.25, -0.2) is 4.98 Å². The Kier molecular flexibility index (Phi) is 3.73. The van der Waals surface area contributed by atoms with E-state index in [0.29, 0.717) is 16.3 Å². The zero-order valence-electron chi connectivity index (χ0n) is 11.5. The van der Waals surface area contributed by atoms with Gasteiger partial charge in [-0.1, -0.05) is 23.5 Å². The van der Waals surface area contributed by atoms with Crippen molar-refractivity contribution in [3.05, 3.63) is 51.6 Å². The zero-order valence-corrected chi connectivity index (χ0v) is 13.9. The van der Waals surface area contributed by atoms with Gasteiger partial charge in [0.2, 0.25) is 0 Å². The molecule has 3 aromatic rings. The minimum Gasteiger partial charge on any atom is -0.298 e. The molecule has 0 fully saturated rings. The highest BCUT2D eigenvalue weighted by Gasteiger charge is 2.13. The van der Waals surface area contributed by atoms with E-state index >= 15 is 0 Å². The first-order valence-corrected chi connectivity index (χ1v) is 7.96. The van der Waals surface area contributed by atoms with E-state index in [-0.39, 0.29) is 5.91 Å². The highest BCUT2D eigenvalue weighted by Crippen LogP contribution is 2.28. The van der Waals surface area contributed by atoms with Gasteiger partial charge in [0.1, 0.15) is 0 Å². The first kappa shape index (κ1) is 14.2. The lowest BCUT2D eigenvalue weighted by atomic mass is 10.2. The normalized spacial score (nSPS) is 10.8. The average Bonchev–Trinajstić information content (AvgIpc) is 2.81. The van der Waals surface area contributed by atoms with E-state index in [1.807, 2.05) is 38.1 Å². The molecule has 1 amide bonds. The molecule has 106 valence electrons. The highest BCUT2D eigenvalue weighted by atomic mass is 79.9. The van der Waals surface area contributed by atoms with Crippen molar-refractivity contribution in [3.8, 4) is 0 Å². The van der Waals surface area contributed by atoms with Gasteiger partial charge in [-0.05, 0) is 53.5 Å². The molecule has 2 aromatic heterocycles. The number of anilines is 1. The fourth-order valence-electron chi connectivity index (χ4n) is 2.09. The van der Waals surface area contributed by atoms with Crippen molar-refractivity contribution in [1.82, 2.24) is 9.97 Å². The van der Waals surface area contributed by atoms with E-state index < -0.39 is 0 Å². The number of aryl methyl sites for hydroxylation is 2. The van der Waals surface area contributed by atoms with E-state index in [1.165, 1.54) is 11.3 Å². The predicted molar refractivity (Wildman–Crippen MR) is 89.0 cm³/mol. The summed E-state index contributed by atoms with van der Waals surface area (Å²) in [4.78, 5) is 21.1. The Balaban J connectivity index is 1.94. The van der Waals surface area contributed by atoms with Crippen molar-refractivity contribution >= 4 is 48.7 Å². The number of fused-ring (bicyclic) bond motifs is 1. The van der Waals surface area contributed by atoms with Gasteiger partial charge < -0.3 is 0 Å². The number of pyridine rings is 1. The molecule has 1 aromatic carbocycles. The number of hydrogen-bond acceptors (Lipinski definition) is 4. The summed E-state index contributed by atoms with van der Waals surface area (Å²) < 4.78 is 1.76. The number of thiazole rings is 1. The molecule has 0 radical (unpaired) electrons. The number of nitrogens with zero attached hydrogens (tertiary/aromatic N) is 2. The van der Waals surface area contributed by atoms with E-state index in [4.69, 9.17) is 0 Å². The van der Waals surface area contributed by atoms with Gasteiger partial charge >= 0.3 is 0 Å². The number of halogens is 1. The first-order valence-electron chi connectivity index (χ1n) is 6.35. The van der Waals surface area contributed by atoms with Crippen LogP contribution in [0.1, 0.15) is 21.6 Å². The third-order valence-electron chi connectivity index (χ3n) is 3.01. The lowest BCUT2D eigenvalue weighted by Crippen LogP contribution is -2.12. The van der Waals surface area contributed by atoms with E-state index in [9.17, 15) is 4.79 Å². The summed E-state index contributed by atoms with van der Waals surface area (Å²) in [6.07, 6.45) is 0. The number of aromatic nitrogens is 2. The minimum absolute atomic E-state index is 0.184. The van der Waals surface area contributed by atoms with Crippen LogP contribution in [0.4, 0.5) is 5.13 Å². The van der Waals surface area contributed by atoms with Gasteiger partial charge in [-0.15, -0.1) is 0 Å². The fraction of sp³-hybridized carbons (Fsp3) is 0.133. The topological polar surface area (TPSA) is 54.9 Å². The summed E-state index contributed by atoms with van der Waals surface area (Å²) in [6, 6.07) is 9.31. The second kappa shape index (κ2) is 5.54. The predicted octanol–water partition coefficient (Wildman–Crippen LogP) is 4.32. The Morgan fingerprint density at radius 2 is 2.00 bits per heavy atom. The smallest absolute Gasteiger partial charge is 0.258 e. The molecule has 0 saturated carbocycles. The third kappa shape index (κ3) is 2.82. The van der Waals surface area contributed by atoms with Crippen LogP contribution in [0.2, 0.25) is 0 Å². The molecule has 21 heavy (non-hydrogen) atoms. The summed E-state index contributed by atoms with van der Waals surface area (Å²) >= 11 is 4.82. The Morgan fingerprint density at radius 3 is 2.76 bits per heavy atom. The van der Waals surface area contributed by atoms with Crippen LogP contribution in [0.15, 0.2) is 34.8 Å². The number of nitrogens with one attached hydrogen (secondary N) is 1. The van der Waals surface area contributed by atoms with Crippen LogP contribution in [0, 0.1) is 13.8 Å². The molecule has 1 N–H and O–H groups in total. The number of carbonyl (C=O) groups is 1. The van der Waals surface area contributed by atoms with Gasteiger partial charge in [0.05, 0.1) is 10.3 Å². The molecule has 0 aliphatic heterocycles.